The zero-order chi connectivity index (χ0) is 14.0. The molecule has 2 aromatic rings. The van der Waals surface area contributed by atoms with Gasteiger partial charge in [0, 0.05) is 10.0 Å². The number of hydrogen-bond donors (Lipinski definition) is 0. The first-order chi connectivity index (χ1) is 8.87. The van der Waals surface area contributed by atoms with Crippen molar-refractivity contribution in [3.05, 3.63) is 58.1 Å². The van der Waals surface area contributed by atoms with Gasteiger partial charge in [-0.2, -0.15) is 8.42 Å². The van der Waals surface area contributed by atoms with E-state index in [1.54, 1.807) is 24.3 Å². The molecule has 0 aliphatic carbocycles. The van der Waals surface area contributed by atoms with Gasteiger partial charge in [-0.25, -0.2) is 0 Å². The summed E-state index contributed by atoms with van der Waals surface area (Å²) in [5, 5.41) is 0.470. The second-order valence-corrected chi connectivity index (χ2v) is 6.37. The van der Waals surface area contributed by atoms with Gasteiger partial charge in [-0.15, -0.1) is 0 Å². The van der Waals surface area contributed by atoms with Gasteiger partial charge in [-0.3, -0.25) is 0 Å². The molecular formula is C13H10Cl2O3S. The van der Waals surface area contributed by atoms with E-state index < -0.39 is 10.1 Å². The van der Waals surface area contributed by atoms with E-state index in [0.29, 0.717) is 0 Å². The molecular weight excluding hydrogens is 307 g/mol. The van der Waals surface area contributed by atoms with Crippen molar-refractivity contribution in [3.8, 4) is 5.75 Å². The lowest BCUT2D eigenvalue weighted by Crippen LogP contribution is -2.09. The Kier molecular flexibility index (Phi) is 4.04. The Bertz CT molecular complexity index is 674. The summed E-state index contributed by atoms with van der Waals surface area (Å²) in [6.07, 6.45) is 0. The van der Waals surface area contributed by atoms with Gasteiger partial charge in [-0.05, 0) is 37.3 Å². The Labute approximate surface area is 121 Å². The summed E-state index contributed by atoms with van der Waals surface area (Å²) in [6.45, 7) is 1.90. The van der Waals surface area contributed by atoms with Crippen LogP contribution in [0.4, 0.5) is 0 Å². The van der Waals surface area contributed by atoms with Crippen molar-refractivity contribution in [2.75, 3.05) is 0 Å². The molecule has 0 heterocycles. The molecule has 0 bridgehead atoms. The van der Waals surface area contributed by atoms with E-state index in [9.17, 15) is 8.42 Å². The zero-order valence-electron chi connectivity index (χ0n) is 9.93. The van der Waals surface area contributed by atoms with E-state index in [-0.39, 0.29) is 20.7 Å². The summed E-state index contributed by atoms with van der Waals surface area (Å²) in [5.41, 5.74) is 1.01. The van der Waals surface area contributed by atoms with Gasteiger partial charge in [0.1, 0.15) is 10.6 Å². The van der Waals surface area contributed by atoms with E-state index in [4.69, 9.17) is 27.4 Å². The quantitative estimate of drug-likeness (QED) is 0.802. The maximum absolute atomic E-state index is 12.1. The molecule has 0 radical (unpaired) electrons. The molecule has 0 aliphatic heterocycles. The van der Waals surface area contributed by atoms with Crippen LogP contribution in [0.2, 0.25) is 10.0 Å². The third-order valence-corrected chi connectivity index (χ3v) is 4.01. The van der Waals surface area contributed by atoms with Crippen LogP contribution in [0.15, 0.2) is 47.4 Å². The average molecular weight is 317 g/mol. The Morgan fingerprint density at radius 3 is 2.00 bits per heavy atom. The molecule has 2 aromatic carbocycles. The third kappa shape index (κ3) is 3.62. The van der Waals surface area contributed by atoms with Crippen molar-refractivity contribution in [1.82, 2.24) is 0 Å². The van der Waals surface area contributed by atoms with Crippen LogP contribution >= 0.6 is 23.2 Å². The minimum atomic E-state index is -3.94. The Balaban J connectivity index is 2.34. The summed E-state index contributed by atoms with van der Waals surface area (Å²) < 4.78 is 29.1. The van der Waals surface area contributed by atoms with Crippen LogP contribution < -0.4 is 4.18 Å². The lowest BCUT2D eigenvalue weighted by Gasteiger charge is -2.08. The first-order valence-electron chi connectivity index (χ1n) is 5.34. The van der Waals surface area contributed by atoms with E-state index in [1.165, 1.54) is 18.2 Å². The molecule has 2 rings (SSSR count). The van der Waals surface area contributed by atoms with Crippen LogP contribution in [0.3, 0.4) is 0 Å². The second-order valence-electron chi connectivity index (χ2n) is 3.96. The van der Waals surface area contributed by atoms with E-state index in [2.05, 4.69) is 0 Å². The van der Waals surface area contributed by atoms with E-state index >= 15 is 0 Å². The maximum Gasteiger partial charge on any atom is 0.339 e. The predicted molar refractivity (Wildman–Crippen MR) is 75.5 cm³/mol. The van der Waals surface area contributed by atoms with Crippen molar-refractivity contribution in [2.24, 2.45) is 0 Å². The molecule has 0 atom stereocenters. The van der Waals surface area contributed by atoms with Crippen LogP contribution in [0.5, 0.6) is 5.75 Å². The van der Waals surface area contributed by atoms with Gasteiger partial charge in [0.2, 0.25) is 0 Å². The summed E-state index contributed by atoms with van der Waals surface area (Å²) >= 11 is 11.6. The molecule has 0 unspecified atom stereocenters. The summed E-state index contributed by atoms with van der Waals surface area (Å²) in [4.78, 5) is -0.0782. The lowest BCUT2D eigenvalue weighted by atomic mass is 10.2. The third-order valence-electron chi connectivity index (χ3n) is 2.35. The molecule has 0 aliphatic rings. The monoisotopic (exact) mass is 316 g/mol. The van der Waals surface area contributed by atoms with Crippen LogP contribution in [0.25, 0.3) is 0 Å². The van der Waals surface area contributed by atoms with Crippen LogP contribution in [0, 0.1) is 6.92 Å². The summed E-state index contributed by atoms with van der Waals surface area (Å²) in [6, 6.07) is 10.7. The summed E-state index contributed by atoms with van der Waals surface area (Å²) in [7, 11) is -3.94. The first kappa shape index (κ1) is 14.2. The topological polar surface area (TPSA) is 43.4 Å². The fraction of sp³-hybridized carbons (Fsp3) is 0.0769. The maximum atomic E-state index is 12.1. The average Bonchev–Trinajstić information content (AvgIpc) is 2.31. The molecule has 0 fully saturated rings. The molecule has 0 saturated heterocycles. The molecule has 0 spiro atoms. The highest BCUT2D eigenvalue weighted by Crippen LogP contribution is 2.25. The SMILES string of the molecule is Cc1ccc(OS(=O)(=O)c2cc(Cl)cc(Cl)c2)cc1. The lowest BCUT2D eigenvalue weighted by molar-refractivity contribution is 0.486. The fourth-order valence-electron chi connectivity index (χ4n) is 1.44. The van der Waals surface area contributed by atoms with Gasteiger partial charge >= 0.3 is 10.1 Å². The van der Waals surface area contributed by atoms with Crippen molar-refractivity contribution in [3.63, 3.8) is 0 Å². The Hall–Kier alpha value is -1.23. The molecule has 0 aromatic heterocycles. The number of rotatable bonds is 3. The molecule has 0 amide bonds. The Morgan fingerprint density at radius 1 is 0.947 bits per heavy atom. The number of hydrogen-bond acceptors (Lipinski definition) is 3. The van der Waals surface area contributed by atoms with Crippen molar-refractivity contribution < 1.29 is 12.6 Å². The predicted octanol–water partition coefficient (Wildman–Crippen LogP) is 4.07. The highest BCUT2D eigenvalue weighted by atomic mass is 35.5. The van der Waals surface area contributed by atoms with Gasteiger partial charge in [0.25, 0.3) is 0 Å². The van der Waals surface area contributed by atoms with Crippen LogP contribution in [-0.4, -0.2) is 8.42 Å². The van der Waals surface area contributed by atoms with Crippen LogP contribution in [-0.2, 0) is 10.1 Å². The molecule has 0 N–H and O–H groups in total. The van der Waals surface area contributed by atoms with Gasteiger partial charge in [0.05, 0.1) is 0 Å². The molecule has 100 valence electrons. The number of aryl methyl sites for hydroxylation is 1. The molecule has 0 saturated carbocycles. The molecule has 6 heteroatoms. The van der Waals surface area contributed by atoms with Crippen molar-refractivity contribution in [2.45, 2.75) is 11.8 Å². The van der Waals surface area contributed by atoms with Crippen molar-refractivity contribution in [1.29, 1.82) is 0 Å². The largest absolute Gasteiger partial charge is 0.379 e. The normalized spacial score (nSPS) is 11.3. The van der Waals surface area contributed by atoms with Gasteiger partial charge in [-0.1, -0.05) is 40.9 Å². The highest BCUT2D eigenvalue weighted by molar-refractivity contribution is 7.87. The van der Waals surface area contributed by atoms with E-state index in [0.717, 1.165) is 5.56 Å². The molecule has 19 heavy (non-hydrogen) atoms. The van der Waals surface area contributed by atoms with Gasteiger partial charge < -0.3 is 4.18 Å². The first-order valence-corrected chi connectivity index (χ1v) is 7.50. The minimum Gasteiger partial charge on any atom is -0.379 e. The zero-order valence-corrected chi connectivity index (χ0v) is 12.3. The Morgan fingerprint density at radius 2 is 1.47 bits per heavy atom. The van der Waals surface area contributed by atoms with Gasteiger partial charge in [0.15, 0.2) is 0 Å². The minimum absolute atomic E-state index is 0.0782. The van der Waals surface area contributed by atoms with E-state index in [1.807, 2.05) is 6.92 Å². The van der Waals surface area contributed by atoms with Crippen molar-refractivity contribution >= 4 is 33.3 Å². The van der Waals surface area contributed by atoms with Crippen LogP contribution in [0.1, 0.15) is 5.56 Å². The smallest absolute Gasteiger partial charge is 0.339 e. The summed E-state index contributed by atoms with van der Waals surface area (Å²) in [5.74, 6) is 0.238. The fourth-order valence-corrected chi connectivity index (χ4v) is 3.10. The highest BCUT2D eigenvalue weighted by Gasteiger charge is 2.18. The molecule has 3 nitrogen and oxygen atoms in total. The standard InChI is InChI=1S/C13H10Cl2O3S/c1-9-2-4-12(5-3-9)18-19(16,17)13-7-10(14)6-11(15)8-13/h2-8H,1H3. The number of benzene rings is 2. The second kappa shape index (κ2) is 5.41. The number of halogens is 2.